The number of carbonyl (C=O) groups is 2. The predicted molar refractivity (Wildman–Crippen MR) is 132 cm³/mol. The van der Waals surface area contributed by atoms with Crippen LogP contribution in [0, 0.1) is 13.8 Å². The first-order chi connectivity index (χ1) is 15.3. The molecule has 0 atom stereocenters. The van der Waals surface area contributed by atoms with Crippen molar-refractivity contribution in [2.45, 2.75) is 13.8 Å². The van der Waals surface area contributed by atoms with Crippen LogP contribution in [0.5, 0.6) is 0 Å². The summed E-state index contributed by atoms with van der Waals surface area (Å²) in [5.41, 5.74) is 3.26. The zero-order valence-electron chi connectivity index (χ0n) is 17.2. The van der Waals surface area contributed by atoms with Gasteiger partial charge in [0.2, 0.25) is 0 Å². The molecule has 1 fully saturated rings. The van der Waals surface area contributed by atoms with Gasteiger partial charge in [-0.05, 0) is 85.2 Å². The van der Waals surface area contributed by atoms with E-state index in [9.17, 15) is 9.59 Å². The summed E-state index contributed by atoms with van der Waals surface area (Å²) in [6.45, 7) is 3.72. The van der Waals surface area contributed by atoms with Crippen molar-refractivity contribution < 1.29 is 9.59 Å². The summed E-state index contributed by atoms with van der Waals surface area (Å²) in [4.78, 5) is 33.6. The molecule has 1 saturated heterocycles. The number of carbonyl (C=O) groups excluding carboxylic acids is 2. The maximum absolute atomic E-state index is 13.5. The SMILES string of the molecule is Cc1ccc(N2C(=O)C(=Cc3ccncc3)C(=O)N(c3ccc(C)c(Cl)c3)C2=S)cc1Cl. The van der Waals surface area contributed by atoms with E-state index in [1.165, 1.54) is 15.9 Å². The Balaban J connectivity index is 1.90. The smallest absolute Gasteiger partial charge is 0.268 e. The van der Waals surface area contributed by atoms with Crippen LogP contribution in [-0.2, 0) is 9.59 Å². The normalized spacial score (nSPS) is 14.2. The molecule has 0 spiro atoms. The number of benzene rings is 2. The molecule has 160 valence electrons. The number of hydrogen-bond acceptors (Lipinski definition) is 4. The summed E-state index contributed by atoms with van der Waals surface area (Å²) in [5.74, 6) is -1.07. The highest BCUT2D eigenvalue weighted by Crippen LogP contribution is 2.33. The van der Waals surface area contributed by atoms with Gasteiger partial charge in [-0.15, -0.1) is 0 Å². The third kappa shape index (κ3) is 4.05. The first-order valence-electron chi connectivity index (χ1n) is 9.65. The van der Waals surface area contributed by atoms with Crippen molar-refractivity contribution in [3.63, 3.8) is 0 Å². The van der Waals surface area contributed by atoms with Crippen molar-refractivity contribution in [2.75, 3.05) is 9.80 Å². The number of anilines is 2. The Morgan fingerprint density at radius 3 is 1.72 bits per heavy atom. The molecule has 0 N–H and O–H groups in total. The highest BCUT2D eigenvalue weighted by atomic mass is 35.5. The molecular formula is C24H17Cl2N3O2S. The Bertz CT molecular complexity index is 1220. The van der Waals surface area contributed by atoms with Gasteiger partial charge in [0.1, 0.15) is 5.57 Å². The number of pyridine rings is 1. The van der Waals surface area contributed by atoms with Crippen LogP contribution >= 0.6 is 35.4 Å². The molecule has 0 aliphatic carbocycles. The summed E-state index contributed by atoms with van der Waals surface area (Å²) >= 11 is 18.3. The molecule has 0 radical (unpaired) electrons. The number of aryl methyl sites for hydroxylation is 2. The van der Waals surface area contributed by atoms with Gasteiger partial charge in [0.05, 0.1) is 11.4 Å². The standard InChI is InChI=1S/C24H17Cl2N3O2S/c1-14-3-5-17(12-20(14)25)28-22(30)19(11-16-7-9-27-10-8-16)23(31)29(24(28)32)18-6-4-15(2)21(26)13-18/h3-13H,1-2H3. The van der Waals surface area contributed by atoms with Gasteiger partial charge in [-0.3, -0.25) is 24.4 Å². The summed E-state index contributed by atoms with van der Waals surface area (Å²) < 4.78 is 0. The topological polar surface area (TPSA) is 53.5 Å². The largest absolute Gasteiger partial charge is 0.270 e. The van der Waals surface area contributed by atoms with E-state index in [1.54, 1.807) is 60.9 Å². The molecule has 1 aliphatic heterocycles. The van der Waals surface area contributed by atoms with Crippen LogP contribution < -0.4 is 9.80 Å². The summed E-state index contributed by atoms with van der Waals surface area (Å²) in [5, 5.41) is 0.992. The number of hydrogen-bond donors (Lipinski definition) is 0. The van der Waals surface area contributed by atoms with Crippen molar-refractivity contribution in [3.8, 4) is 0 Å². The van der Waals surface area contributed by atoms with E-state index in [1.807, 2.05) is 13.8 Å². The number of rotatable bonds is 3. The molecule has 2 amide bonds. The first kappa shape index (κ1) is 22.1. The van der Waals surface area contributed by atoms with Crippen LogP contribution in [0.4, 0.5) is 11.4 Å². The molecule has 5 nitrogen and oxygen atoms in total. The van der Waals surface area contributed by atoms with Gasteiger partial charge in [0.25, 0.3) is 11.8 Å². The maximum Gasteiger partial charge on any atom is 0.270 e. The fourth-order valence-electron chi connectivity index (χ4n) is 3.25. The average molecular weight is 482 g/mol. The molecule has 0 unspecified atom stereocenters. The molecular weight excluding hydrogens is 465 g/mol. The zero-order valence-corrected chi connectivity index (χ0v) is 19.5. The second-order valence-electron chi connectivity index (χ2n) is 7.27. The van der Waals surface area contributed by atoms with E-state index in [2.05, 4.69) is 4.98 Å². The molecule has 1 aliphatic rings. The summed E-state index contributed by atoms with van der Waals surface area (Å²) in [6.07, 6.45) is 4.70. The highest BCUT2D eigenvalue weighted by Gasteiger charge is 2.41. The van der Waals surface area contributed by atoms with Crippen LogP contribution in [-0.4, -0.2) is 21.9 Å². The Labute approximate surface area is 200 Å². The van der Waals surface area contributed by atoms with Gasteiger partial charge in [-0.1, -0.05) is 35.3 Å². The van der Waals surface area contributed by atoms with Crippen molar-refractivity contribution in [1.82, 2.24) is 4.98 Å². The Kier molecular flexibility index (Phi) is 6.11. The lowest BCUT2D eigenvalue weighted by Gasteiger charge is -2.36. The van der Waals surface area contributed by atoms with E-state index < -0.39 is 11.8 Å². The summed E-state index contributed by atoms with van der Waals surface area (Å²) in [6, 6.07) is 13.8. The quantitative estimate of drug-likeness (QED) is 0.271. The fourth-order valence-corrected chi connectivity index (χ4v) is 3.98. The predicted octanol–water partition coefficient (Wildman–Crippen LogP) is 5.75. The zero-order chi connectivity index (χ0) is 23.0. The minimum Gasteiger partial charge on any atom is -0.268 e. The Morgan fingerprint density at radius 2 is 1.28 bits per heavy atom. The highest BCUT2D eigenvalue weighted by molar-refractivity contribution is 7.81. The van der Waals surface area contributed by atoms with Gasteiger partial charge >= 0.3 is 0 Å². The van der Waals surface area contributed by atoms with Gasteiger partial charge in [0, 0.05) is 22.4 Å². The average Bonchev–Trinajstić information content (AvgIpc) is 2.77. The van der Waals surface area contributed by atoms with Crippen LogP contribution in [0.3, 0.4) is 0 Å². The molecule has 32 heavy (non-hydrogen) atoms. The van der Waals surface area contributed by atoms with Crippen molar-refractivity contribution in [1.29, 1.82) is 0 Å². The lowest BCUT2D eigenvalue weighted by atomic mass is 10.1. The minimum absolute atomic E-state index is 0.0201. The van der Waals surface area contributed by atoms with Gasteiger partial charge in [0.15, 0.2) is 5.11 Å². The third-order valence-electron chi connectivity index (χ3n) is 5.09. The maximum atomic E-state index is 13.5. The Morgan fingerprint density at radius 1 is 0.812 bits per heavy atom. The van der Waals surface area contributed by atoms with E-state index >= 15 is 0 Å². The number of aromatic nitrogens is 1. The third-order valence-corrected chi connectivity index (χ3v) is 6.27. The van der Waals surface area contributed by atoms with Crippen LogP contribution in [0.15, 0.2) is 66.5 Å². The van der Waals surface area contributed by atoms with Crippen LogP contribution in [0.1, 0.15) is 16.7 Å². The molecule has 8 heteroatoms. The molecule has 2 heterocycles. The minimum atomic E-state index is -0.536. The lowest BCUT2D eigenvalue weighted by Crippen LogP contribution is -2.57. The molecule has 0 saturated carbocycles. The van der Waals surface area contributed by atoms with E-state index in [0.717, 1.165) is 11.1 Å². The van der Waals surface area contributed by atoms with Gasteiger partial charge < -0.3 is 0 Å². The van der Waals surface area contributed by atoms with E-state index in [4.69, 9.17) is 35.4 Å². The fraction of sp³-hybridized carbons (Fsp3) is 0.0833. The molecule has 2 aromatic carbocycles. The number of halogens is 2. The second kappa shape index (κ2) is 8.82. The lowest BCUT2D eigenvalue weighted by molar-refractivity contribution is -0.120. The molecule has 1 aromatic heterocycles. The number of nitrogens with zero attached hydrogens (tertiary/aromatic N) is 3. The first-order valence-corrected chi connectivity index (χ1v) is 10.8. The van der Waals surface area contributed by atoms with Crippen molar-refractivity contribution in [3.05, 3.63) is 93.2 Å². The van der Waals surface area contributed by atoms with Crippen molar-refractivity contribution >= 4 is 69.8 Å². The van der Waals surface area contributed by atoms with E-state index in [-0.39, 0.29) is 10.7 Å². The molecule has 0 bridgehead atoms. The van der Waals surface area contributed by atoms with Gasteiger partial charge in [-0.2, -0.15) is 0 Å². The van der Waals surface area contributed by atoms with E-state index in [0.29, 0.717) is 27.0 Å². The van der Waals surface area contributed by atoms with Crippen molar-refractivity contribution in [2.24, 2.45) is 0 Å². The molecule has 3 aromatic rings. The summed E-state index contributed by atoms with van der Waals surface area (Å²) in [7, 11) is 0. The Hall–Kier alpha value is -3.06. The van der Waals surface area contributed by atoms with Gasteiger partial charge in [-0.25, -0.2) is 0 Å². The molecule has 4 rings (SSSR count). The van der Waals surface area contributed by atoms with Crippen LogP contribution in [0.2, 0.25) is 10.0 Å². The number of amides is 2. The number of thiocarbonyl (C=S) groups is 1. The van der Waals surface area contributed by atoms with Crippen LogP contribution in [0.25, 0.3) is 6.08 Å². The second-order valence-corrected chi connectivity index (χ2v) is 8.45. The monoisotopic (exact) mass is 481 g/mol.